The van der Waals surface area contributed by atoms with Gasteiger partial charge in [0, 0.05) is 24.1 Å². The highest BCUT2D eigenvalue weighted by Crippen LogP contribution is 2.29. The van der Waals surface area contributed by atoms with Gasteiger partial charge in [0.05, 0.1) is 6.54 Å². The first-order valence-electron chi connectivity index (χ1n) is 8.06. The van der Waals surface area contributed by atoms with E-state index in [9.17, 15) is 18.0 Å². The first-order valence-corrected chi connectivity index (χ1v) is 8.44. The van der Waals surface area contributed by atoms with Gasteiger partial charge in [0.2, 0.25) is 0 Å². The Balaban J connectivity index is 1.95. The van der Waals surface area contributed by atoms with E-state index in [2.05, 4.69) is 0 Å². The van der Waals surface area contributed by atoms with Crippen molar-refractivity contribution in [2.45, 2.75) is 45.1 Å². The molecule has 0 bridgehead atoms. The van der Waals surface area contributed by atoms with Crippen molar-refractivity contribution in [3.63, 3.8) is 0 Å². The van der Waals surface area contributed by atoms with Gasteiger partial charge in [-0.25, -0.2) is 4.79 Å². The molecule has 26 heavy (non-hydrogen) atoms. The minimum Gasteiger partial charge on any atom is -0.488 e. The van der Waals surface area contributed by atoms with Crippen molar-refractivity contribution < 1.29 is 32.2 Å². The molecule has 1 fully saturated rings. The Bertz CT molecular complexity index is 646. The Kier molecular flexibility index (Phi) is 6.16. The number of hydrogen-bond acceptors (Lipinski definition) is 4. The second-order valence-electron chi connectivity index (χ2n) is 6.98. The number of ether oxygens (including phenoxy) is 3. The smallest absolute Gasteiger partial charge is 0.422 e. The average molecular weight is 396 g/mol. The molecule has 1 aliphatic rings. The van der Waals surface area contributed by atoms with E-state index < -0.39 is 24.5 Å². The maximum Gasteiger partial charge on any atom is 0.422 e. The van der Waals surface area contributed by atoms with Crippen molar-refractivity contribution in [3.8, 4) is 11.5 Å². The lowest BCUT2D eigenvalue weighted by atomic mass is 10.2. The van der Waals surface area contributed by atoms with Gasteiger partial charge in [0.25, 0.3) is 0 Å². The summed E-state index contributed by atoms with van der Waals surface area (Å²) in [6.07, 6.45) is -4.60. The second kappa shape index (κ2) is 7.82. The van der Waals surface area contributed by atoms with Crippen LogP contribution in [0.3, 0.4) is 0 Å². The normalized spacial score (nSPS) is 18.0. The summed E-state index contributed by atoms with van der Waals surface area (Å²) in [4.78, 5) is 13.6. The molecular weight excluding hydrogens is 375 g/mol. The molecule has 0 radical (unpaired) electrons. The SMILES string of the molecule is CC(C)(C)OC(=O)N1CC[C@H](Oc2cc(Cl)cc(OCC(F)(F)F)c2)C1. The molecule has 1 aromatic carbocycles. The maximum absolute atomic E-state index is 12.3. The van der Waals surface area contributed by atoms with Crippen LogP contribution in [0.5, 0.6) is 11.5 Å². The monoisotopic (exact) mass is 395 g/mol. The fourth-order valence-corrected chi connectivity index (χ4v) is 2.58. The summed E-state index contributed by atoms with van der Waals surface area (Å²) < 4.78 is 52.5. The lowest BCUT2D eigenvalue weighted by molar-refractivity contribution is -0.153. The van der Waals surface area contributed by atoms with Gasteiger partial charge in [-0.3, -0.25) is 0 Å². The Hall–Kier alpha value is -1.83. The summed E-state index contributed by atoms with van der Waals surface area (Å²) in [5.74, 6) is 0.248. The van der Waals surface area contributed by atoms with Gasteiger partial charge in [-0.05, 0) is 32.9 Å². The molecule has 1 heterocycles. The summed E-state index contributed by atoms with van der Waals surface area (Å²) in [5, 5.41) is 0.196. The van der Waals surface area contributed by atoms with Crippen molar-refractivity contribution in [1.82, 2.24) is 4.90 Å². The Morgan fingerprint density at radius 2 is 1.88 bits per heavy atom. The molecule has 0 spiro atoms. The van der Waals surface area contributed by atoms with E-state index in [0.29, 0.717) is 19.5 Å². The van der Waals surface area contributed by atoms with Gasteiger partial charge in [0.15, 0.2) is 6.61 Å². The largest absolute Gasteiger partial charge is 0.488 e. The quantitative estimate of drug-likeness (QED) is 0.743. The molecular formula is C17H21ClF3NO4. The van der Waals surface area contributed by atoms with Crippen molar-refractivity contribution in [2.24, 2.45) is 0 Å². The fourth-order valence-electron chi connectivity index (χ4n) is 2.36. The van der Waals surface area contributed by atoms with Crippen molar-refractivity contribution in [1.29, 1.82) is 0 Å². The molecule has 5 nitrogen and oxygen atoms in total. The van der Waals surface area contributed by atoms with E-state index in [0.717, 1.165) is 0 Å². The van der Waals surface area contributed by atoms with Crippen molar-refractivity contribution in [2.75, 3.05) is 19.7 Å². The Morgan fingerprint density at radius 1 is 1.23 bits per heavy atom. The van der Waals surface area contributed by atoms with Gasteiger partial charge in [0.1, 0.15) is 23.2 Å². The summed E-state index contributed by atoms with van der Waals surface area (Å²) in [5.41, 5.74) is -0.590. The van der Waals surface area contributed by atoms with E-state index in [4.69, 9.17) is 25.8 Å². The van der Waals surface area contributed by atoms with Crippen LogP contribution < -0.4 is 9.47 Å². The highest BCUT2D eigenvalue weighted by molar-refractivity contribution is 6.30. The van der Waals surface area contributed by atoms with Crippen molar-refractivity contribution in [3.05, 3.63) is 23.2 Å². The molecule has 0 unspecified atom stereocenters. The number of likely N-dealkylation sites (tertiary alicyclic amines) is 1. The van der Waals surface area contributed by atoms with E-state index >= 15 is 0 Å². The third kappa shape index (κ3) is 6.82. The van der Waals surface area contributed by atoms with Crippen molar-refractivity contribution >= 4 is 17.7 Å². The minimum atomic E-state index is -4.44. The molecule has 1 aliphatic heterocycles. The van der Waals surface area contributed by atoms with E-state index in [1.165, 1.54) is 23.1 Å². The minimum absolute atomic E-state index is 0.0354. The molecule has 1 amide bonds. The highest BCUT2D eigenvalue weighted by atomic mass is 35.5. The Morgan fingerprint density at radius 3 is 2.50 bits per heavy atom. The van der Waals surface area contributed by atoms with Crippen LogP contribution in [0.2, 0.25) is 5.02 Å². The van der Waals surface area contributed by atoms with Gasteiger partial charge in [-0.15, -0.1) is 0 Å². The molecule has 1 aromatic rings. The third-order valence-electron chi connectivity index (χ3n) is 3.35. The van der Waals surface area contributed by atoms with Crippen LogP contribution in [0.15, 0.2) is 18.2 Å². The van der Waals surface area contributed by atoms with E-state index in [1.807, 2.05) is 0 Å². The molecule has 1 atom stereocenters. The number of amides is 1. The summed E-state index contributed by atoms with van der Waals surface area (Å²) in [6.45, 7) is 4.72. The summed E-state index contributed by atoms with van der Waals surface area (Å²) in [6, 6.07) is 4.10. The Labute approximate surface area is 155 Å². The van der Waals surface area contributed by atoms with Crippen LogP contribution >= 0.6 is 11.6 Å². The number of alkyl halides is 3. The number of rotatable bonds is 4. The third-order valence-corrected chi connectivity index (χ3v) is 3.56. The number of carbonyl (C=O) groups excluding carboxylic acids is 1. The first kappa shape index (κ1) is 20.5. The maximum atomic E-state index is 12.3. The van der Waals surface area contributed by atoms with Crippen LogP contribution in [0.4, 0.5) is 18.0 Å². The number of hydrogen-bond donors (Lipinski definition) is 0. The highest BCUT2D eigenvalue weighted by Gasteiger charge is 2.31. The molecule has 1 saturated heterocycles. The number of benzene rings is 1. The summed E-state index contributed by atoms with van der Waals surface area (Å²) in [7, 11) is 0. The molecule has 0 aliphatic carbocycles. The van der Waals surface area contributed by atoms with Crippen LogP contribution in [-0.2, 0) is 4.74 Å². The topological polar surface area (TPSA) is 48.0 Å². The molecule has 0 aromatic heterocycles. The fraction of sp³-hybridized carbons (Fsp3) is 0.588. The number of nitrogens with zero attached hydrogens (tertiary/aromatic N) is 1. The number of halogens is 4. The van der Waals surface area contributed by atoms with Crippen LogP contribution in [0.1, 0.15) is 27.2 Å². The number of carbonyl (C=O) groups is 1. The van der Waals surface area contributed by atoms with E-state index in [-0.39, 0.29) is 22.6 Å². The summed E-state index contributed by atoms with van der Waals surface area (Å²) >= 11 is 5.91. The lowest BCUT2D eigenvalue weighted by Crippen LogP contribution is -2.36. The van der Waals surface area contributed by atoms with Gasteiger partial charge in [-0.1, -0.05) is 11.6 Å². The van der Waals surface area contributed by atoms with Gasteiger partial charge in [-0.2, -0.15) is 13.2 Å². The van der Waals surface area contributed by atoms with Gasteiger partial charge < -0.3 is 19.1 Å². The van der Waals surface area contributed by atoms with Crippen LogP contribution in [0, 0.1) is 0 Å². The van der Waals surface area contributed by atoms with Gasteiger partial charge >= 0.3 is 12.3 Å². The van der Waals surface area contributed by atoms with Crippen LogP contribution in [-0.4, -0.2) is 48.6 Å². The predicted octanol–water partition coefficient (Wildman–Crippen LogP) is 4.67. The second-order valence-corrected chi connectivity index (χ2v) is 7.42. The van der Waals surface area contributed by atoms with E-state index in [1.54, 1.807) is 20.8 Å². The molecule has 146 valence electrons. The predicted molar refractivity (Wildman–Crippen MR) is 89.8 cm³/mol. The average Bonchev–Trinajstić information content (AvgIpc) is 2.91. The lowest BCUT2D eigenvalue weighted by Gasteiger charge is -2.24. The molecule has 9 heteroatoms. The molecule has 0 saturated carbocycles. The van der Waals surface area contributed by atoms with Crippen LogP contribution in [0.25, 0.3) is 0 Å². The zero-order valence-electron chi connectivity index (χ0n) is 14.7. The zero-order valence-corrected chi connectivity index (χ0v) is 15.5. The molecule has 2 rings (SSSR count). The molecule has 0 N–H and O–H groups in total. The zero-order chi connectivity index (χ0) is 19.5. The first-order chi connectivity index (χ1) is 11.9. The standard InChI is InChI=1S/C17H21ClF3NO4/c1-16(2,3)26-15(23)22-5-4-12(9-22)25-14-7-11(18)6-13(8-14)24-10-17(19,20)21/h6-8,12H,4-5,9-10H2,1-3H3/t12-/m0/s1.